The quantitative estimate of drug-likeness (QED) is 0.251. The van der Waals surface area contributed by atoms with E-state index in [9.17, 15) is 14.7 Å². The summed E-state index contributed by atoms with van der Waals surface area (Å²) in [6, 6.07) is 19.2. The molecule has 1 N–H and O–H groups in total. The molecule has 4 rings (SSSR count). The molecule has 1 aliphatic rings. The van der Waals surface area contributed by atoms with Crippen molar-refractivity contribution in [3.63, 3.8) is 0 Å². The molecule has 3 aromatic rings. The van der Waals surface area contributed by atoms with Crippen molar-refractivity contribution in [2.75, 3.05) is 37.1 Å². The lowest BCUT2D eigenvalue weighted by atomic mass is 9.92. The number of rotatable bonds is 8. The smallest absolute Gasteiger partial charge is 0.300 e. The number of amides is 1. The normalized spacial score (nSPS) is 16.7. The number of carbonyl (C=O) groups excluding carboxylic acids is 2. The second kappa shape index (κ2) is 10.8. The Labute approximate surface area is 217 Å². The first-order valence-electron chi connectivity index (χ1n) is 12.3. The van der Waals surface area contributed by atoms with E-state index in [1.807, 2.05) is 88.3 Å². The maximum Gasteiger partial charge on any atom is 0.300 e. The molecule has 7 nitrogen and oxygen atoms in total. The number of nitrogens with zero attached hydrogens (tertiary/aromatic N) is 2. The standard InChI is InChI=1S/C30H32N2O5/c1-6-36-22-16-17-24(25(18-22)37-7-2)28(33)26-27(23-11-9-8-10-19(23)3)32(30(35)29(26)34)21-14-12-20(13-15-21)31(4)5/h8-18,27,33H,6-7H2,1-5H3/b28-26+. The molecule has 1 aliphatic heterocycles. The van der Waals surface area contributed by atoms with E-state index in [-0.39, 0.29) is 11.3 Å². The Hall–Kier alpha value is -4.26. The Kier molecular flexibility index (Phi) is 7.53. The van der Waals surface area contributed by atoms with E-state index in [1.165, 1.54) is 4.90 Å². The third-order valence-corrected chi connectivity index (χ3v) is 6.39. The Bertz CT molecular complexity index is 1340. The van der Waals surface area contributed by atoms with E-state index in [0.29, 0.717) is 36.0 Å². The molecule has 37 heavy (non-hydrogen) atoms. The van der Waals surface area contributed by atoms with Gasteiger partial charge in [-0.1, -0.05) is 24.3 Å². The van der Waals surface area contributed by atoms with Crippen LogP contribution in [0.2, 0.25) is 0 Å². The number of ether oxygens (including phenoxy) is 2. The summed E-state index contributed by atoms with van der Waals surface area (Å²) in [6.07, 6.45) is 0. The summed E-state index contributed by atoms with van der Waals surface area (Å²) in [7, 11) is 3.86. The van der Waals surface area contributed by atoms with Gasteiger partial charge in [0.15, 0.2) is 0 Å². The van der Waals surface area contributed by atoms with Gasteiger partial charge in [0.25, 0.3) is 11.7 Å². The molecular weight excluding hydrogens is 468 g/mol. The molecule has 192 valence electrons. The number of Topliss-reactive ketones (excluding diaryl/α,β-unsaturated/α-hetero) is 1. The van der Waals surface area contributed by atoms with Gasteiger partial charge in [-0.25, -0.2) is 0 Å². The molecule has 1 atom stereocenters. The van der Waals surface area contributed by atoms with E-state index in [0.717, 1.165) is 16.8 Å². The van der Waals surface area contributed by atoms with Crippen LogP contribution < -0.4 is 19.3 Å². The van der Waals surface area contributed by atoms with E-state index in [1.54, 1.807) is 18.2 Å². The minimum absolute atomic E-state index is 0.0149. The first kappa shape index (κ1) is 25.8. The highest BCUT2D eigenvalue weighted by Gasteiger charge is 2.47. The van der Waals surface area contributed by atoms with Crippen molar-refractivity contribution in [1.82, 2.24) is 0 Å². The van der Waals surface area contributed by atoms with Gasteiger partial charge < -0.3 is 19.5 Å². The average Bonchev–Trinajstić information content (AvgIpc) is 3.14. The number of aryl methyl sites for hydroxylation is 1. The highest BCUT2D eigenvalue weighted by atomic mass is 16.5. The number of aliphatic hydroxyl groups is 1. The molecule has 1 saturated heterocycles. The number of ketones is 1. The Morgan fingerprint density at radius 3 is 2.24 bits per heavy atom. The molecule has 0 bridgehead atoms. The van der Waals surface area contributed by atoms with Crippen molar-refractivity contribution in [2.24, 2.45) is 0 Å². The zero-order valence-electron chi connectivity index (χ0n) is 21.8. The Balaban J connectivity index is 1.93. The van der Waals surface area contributed by atoms with Gasteiger partial charge in [-0.3, -0.25) is 14.5 Å². The molecule has 1 amide bonds. The molecule has 1 fully saturated rings. The van der Waals surface area contributed by atoms with Crippen LogP contribution in [0.15, 0.2) is 72.3 Å². The minimum Gasteiger partial charge on any atom is -0.507 e. The van der Waals surface area contributed by atoms with Crippen molar-refractivity contribution in [3.8, 4) is 11.5 Å². The van der Waals surface area contributed by atoms with Crippen LogP contribution in [-0.2, 0) is 9.59 Å². The molecule has 7 heteroatoms. The van der Waals surface area contributed by atoms with Gasteiger partial charge in [-0.2, -0.15) is 0 Å². The minimum atomic E-state index is -0.813. The largest absolute Gasteiger partial charge is 0.507 e. The van der Waals surface area contributed by atoms with Crippen LogP contribution >= 0.6 is 0 Å². The Morgan fingerprint density at radius 1 is 0.946 bits per heavy atom. The molecule has 0 radical (unpaired) electrons. The lowest BCUT2D eigenvalue weighted by Gasteiger charge is -2.27. The van der Waals surface area contributed by atoms with E-state index >= 15 is 0 Å². The fraction of sp³-hybridized carbons (Fsp3) is 0.267. The number of benzene rings is 3. The van der Waals surface area contributed by atoms with Crippen LogP contribution in [0.1, 0.15) is 36.6 Å². The number of hydrogen-bond acceptors (Lipinski definition) is 6. The van der Waals surface area contributed by atoms with E-state index in [4.69, 9.17) is 9.47 Å². The second-order valence-corrected chi connectivity index (χ2v) is 8.96. The molecule has 0 saturated carbocycles. The summed E-state index contributed by atoms with van der Waals surface area (Å²) < 4.78 is 11.4. The van der Waals surface area contributed by atoms with Gasteiger partial charge >= 0.3 is 0 Å². The molecule has 0 aromatic heterocycles. The summed E-state index contributed by atoms with van der Waals surface area (Å²) in [4.78, 5) is 30.4. The van der Waals surface area contributed by atoms with Gasteiger partial charge in [-0.15, -0.1) is 0 Å². The van der Waals surface area contributed by atoms with Gasteiger partial charge in [0.2, 0.25) is 0 Å². The molecule has 0 spiro atoms. The highest BCUT2D eigenvalue weighted by molar-refractivity contribution is 6.51. The van der Waals surface area contributed by atoms with Gasteiger partial charge in [-0.05, 0) is 68.3 Å². The fourth-order valence-corrected chi connectivity index (χ4v) is 4.57. The lowest BCUT2D eigenvalue weighted by molar-refractivity contribution is -0.132. The molecular formula is C30H32N2O5. The van der Waals surface area contributed by atoms with Crippen LogP contribution in [0.3, 0.4) is 0 Å². The zero-order chi connectivity index (χ0) is 26.7. The van der Waals surface area contributed by atoms with Crippen LogP contribution in [-0.4, -0.2) is 44.1 Å². The van der Waals surface area contributed by atoms with Crippen molar-refractivity contribution in [2.45, 2.75) is 26.8 Å². The monoisotopic (exact) mass is 500 g/mol. The van der Waals surface area contributed by atoms with Crippen LogP contribution in [0.5, 0.6) is 11.5 Å². The van der Waals surface area contributed by atoms with Crippen molar-refractivity contribution in [1.29, 1.82) is 0 Å². The van der Waals surface area contributed by atoms with Crippen molar-refractivity contribution >= 4 is 28.8 Å². The molecule has 3 aromatic carbocycles. The number of carbonyl (C=O) groups is 2. The first-order chi connectivity index (χ1) is 17.8. The topological polar surface area (TPSA) is 79.3 Å². The van der Waals surface area contributed by atoms with Crippen LogP contribution in [0, 0.1) is 6.92 Å². The predicted molar refractivity (Wildman–Crippen MR) is 146 cm³/mol. The maximum atomic E-state index is 13.5. The van der Waals surface area contributed by atoms with Crippen LogP contribution in [0.4, 0.5) is 11.4 Å². The zero-order valence-corrected chi connectivity index (χ0v) is 21.8. The summed E-state index contributed by atoms with van der Waals surface area (Å²) >= 11 is 0. The number of aliphatic hydroxyl groups excluding tert-OH is 1. The molecule has 0 aliphatic carbocycles. The first-order valence-corrected chi connectivity index (χ1v) is 12.3. The molecule has 1 unspecified atom stereocenters. The molecule has 1 heterocycles. The lowest BCUT2D eigenvalue weighted by Crippen LogP contribution is -2.29. The van der Waals surface area contributed by atoms with E-state index in [2.05, 4.69) is 0 Å². The van der Waals surface area contributed by atoms with E-state index < -0.39 is 17.7 Å². The maximum absolute atomic E-state index is 13.5. The van der Waals surface area contributed by atoms with Gasteiger partial charge in [0, 0.05) is 31.5 Å². The third kappa shape index (κ3) is 4.89. The third-order valence-electron chi connectivity index (χ3n) is 6.39. The Morgan fingerprint density at radius 2 is 1.62 bits per heavy atom. The summed E-state index contributed by atoms with van der Waals surface area (Å²) in [5, 5.41) is 11.6. The average molecular weight is 501 g/mol. The number of hydrogen-bond donors (Lipinski definition) is 1. The van der Waals surface area contributed by atoms with Crippen molar-refractivity contribution < 1.29 is 24.2 Å². The van der Waals surface area contributed by atoms with Gasteiger partial charge in [0.1, 0.15) is 17.3 Å². The van der Waals surface area contributed by atoms with Crippen LogP contribution in [0.25, 0.3) is 5.76 Å². The van der Waals surface area contributed by atoms with Crippen molar-refractivity contribution in [3.05, 3.63) is 89.0 Å². The fourth-order valence-electron chi connectivity index (χ4n) is 4.57. The predicted octanol–water partition coefficient (Wildman–Crippen LogP) is 5.48. The summed E-state index contributed by atoms with van der Waals surface area (Å²) in [5.41, 5.74) is 3.52. The van der Waals surface area contributed by atoms with Gasteiger partial charge in [0.05, 0.1) is 30.4 Å². The second-order valence-electron chi connectivity index (χ2n) is 8.96. The summed E-state index contributed by atoms with van der Waals surface area (Å²) in [5.74, 6) is -0.781. The highest BCUT2D eigenvalue weighted by Crippen LogP contribution is 2.44. The number of anilines is 2. The summed E-state index contributed by atoms with van der Waals surface area (Å²) in [6.45, 7) is 6.46. The SMILES string of the molecule is CCOc1ccc(/C(O)=C2\C(=O)C(=O)N(c3ccc(N(C)C)cc3)C2c2ccccc2C)c(OCC)c1.